The van der Waals surface area contributed by atoms with Crippen LogP contribution < -0.4 is 10.6 Å². The molecule has 29 heavy (non-hydrogen) atoms. The standard InChI is InChI=1S/C23H31N3O3/c1-17(2)12-21(26-23(28)29-16-19-8-5-4-6-9-19)15-25-22(18(3)27)13-20-10-7-11-24-14-20/h4-11,14,17,21-22,25H,12-13,15-16H2,1-3H3,(H,26,28)/t21-,22+/m1/s1. The van der Waals surface area contributed by atoms with Crippen molar-refractivity contribution in [2.45, 2.75) is 52.3 Å². The van der Waals surface area contributed by atoms with Gasteiger partial charge >= 0.3 is 6.09 Å². The number of Topliss-reactive ketones (excluding diaryl/α,β-unsaturated/α-hetero) is 1. The number of nitrogens with one attached hydrogen (secondary N) is 2. The van der Waals surface area contributed by atoms with Gasteiger partial charge in [0, 0.05) is 25.0 Å². The summed E-state index contributed by atoms with van der Waals surface area (Å²) in [5, 5.41) is 6.23. The summed E-state index contributed by atoms with van der Waals surface area (Å²) >= 11 is 0. The number of ether oxygens (including phenoxy) is 1. The topological polar surface area (TPSA) is 80.3 Å². The van der Waals surface area contributed by atoms with Crippen LogP contribution >= 0.6 is 0 Å². The van der Waals surface area contributed by atoms with E-state index in [1.54, 1.807) is 19.3 Å². The third kappa shape index (κ3) is 8.87. The Bertz CT molecular complexity index is 750. The second kappa shape index (κ2) is 12.0. The number of ketones is 1. The maximum atomic E-state index is 12.2. The van der Waals surface area contributed by atoms with Gasteiger partial charge in [0.2, 0.25) is 0 Å². The Morgan fingerprint density at radius 2 is 1.79 bits per heavy atom. The van der Waals surface area contributed by atoms with Crippen molar-refractivity contribution in [3.63, 3.8) is 0 Å². The SMILES string of the molecule is CC(=O)[C@H](Cc1cccnc1)NC[C@@H](CC(C)C)NC(=O)OCc1ccccc1. The van der Waals surface area contributed by atoms with Gasteiger partial charge in [-0.1, -0.05) is 50.2 Å². The van der Waals surface area contributed by atoms with Gasteiger partial charge in [-0.3, -0.25) is 9.78 Å². The summed E-state index contributed by atoms with van der Waals surface area (Å²) in [6, 6.07) is 12.9. The van der Waals surface area contributed by atoms with E-state index in [4.69, 9.17) is 4.74 Å². The normalized spacial score (nSPS) is 13.0. The van der Waals surface area contributed by atoms with Crippen LogP contribution in [0.15, 0.2) is 54.9 Å². The van der Waals surface area contributed by atoms with Crippen LogP contribution in [-0.4, -0.2) is 35.5 Å². The van der Waals surface area contributed by atoms with Crippen molar-refractivity contribution in [3.8, 4) is 0 Å². The molecule has 0 saturated carbocycles. The maximum Gasteiger partial charge on any atom is 0.407 e. The molecule has 0 aliphatic carbocycles. The van der Waals surface area contributed by atoms with E-state index in [0.29, 0.717) is 18.9 Å². The Balaban J connectivity index is 1.88. The van der Waals surface area contributed by atoms with Crippen molar-refractivity contribution in [3.05, 3.63) is 66.0 Å². The molecular weight excluding hydrogens is 366 g/mol. The molecule has 2 aromatic rings. The average molecular weight is 398 g/mol. The molecule has 0 unspecified atom stereocenters. The quantitative estimate of drug-likeness (QED) is 0.606. The minimum absolute atomic E-state index is 0.0591. The van der Waals surface area contributed by atoms with Gasteiger partial charge in [0.25, 0.3) is 0 Å². The number of hydrogen-bond acceptors (Lipinski definition) is 5. The van der Waals surface area contributed by atoms with E-state index in [2.05, 4.69) is 29.5 Å². The molecule has 0 aliphatic heterocycles. The van der Waals surface area contributed by atoms with Crippen molar-refractivity contribution in [2.24, 2.45) is 5.92 Å². The van der Waals surface area contributed by atoms with Gasteiger partial charge in [0.15, 0.2) is 0 Å². The zero-order valence-corrected chi connectivity index (χ0v) is 17.4. The smallest absolute Gasteiger partial charge is 0.407 e. The number of carbonyl (C=O) groups is 2. The van der Waals surface area contributed by atoms with E-state index in [-0.39, 0.29) is 24.5 Å². The number of aromatic nitrogens is 1. The first-order valence-electron chi connectivity index (χ1n) is 10.0. The summed E-state index contributed by atoms with van der Waals surface area (Å²) < 4.78 is 5.34. The predicted molar refractivity (Wildman–Crippen MR) is 113 cm³/mol. The summed E-state index contributed by atoms with van der Waals surface area (Å²) in [7, 11) is 0. The molecule has 6 heteroatoms. The monoisotopic (exact) mass is 397 g/mol. The lowest BCUT2D eigenvalue weighted by Crippen LogP contribution is -2.48. The lowest BCUT2D eigenvalue weighted by Gasteiger charge is -2.24. The lowest BCUT2D eigenvalue weighted by molar-refractivity contribution is -0.119. The highest BCUT2D eigenvalue weighted by atomic mass is 16.5. The van der Waals surface area contributed by atoms with E-state index in [9.17, 15) is 9.59 Å². The first-order chi connectivity index (χ1) is 13.9. The van der Waals surface area contributed by atoms with Crippen LogP contribution in [0.1, 0.15) is 38.3 Å². The molecule has 2 N–H and O–H groups in total. The third-order valence-electron chi connectivity index (χ3n) is 4.55. The fourth-order valence-electron chi connectivity index (χ4n) is 3.09. The number of nitrogens with zero attached hydrogens (tertiary/aromatic N) is 1. The van der Waals surface area contributed by atoms with Crippen LogP contribution in [0.2, 0.25) is 0 Å². The molecular formula is C23H31N3O3. The number of benzene rings is 1. The van der Waals surface area contributed by atoms with Gasteiger partial charge in [0.05, 0.1) is 6.04 Å². The number of pyridine rings is 1. The van der Waals surface area contributed by atoms with Crippen LogP contribution in [0.3, 0.4) is 0 Å². The molecule has 6 nitrogen and oxygen atoms in total. The summed E-state index contributed by atoms with van der Waals surface area (Å²) in [6.45, 7) is 6.49. The van der Waals surface area contributed by atoms with Crippen molar-refractivity contribution in [1.82, 2.24) is 15.6 Å². The molecule has 2 atom stereocenters. The molecule has 0 radical (unpaired) electrons. The van der Waals surface area contributed by atoms with E-state index in [1.165, 1.54) is 0 Å². The summed E-state index contributed by atoms with van der Waals surface area (Å²) in [5.41, 5.74) is 1.94. The average Bonchev–Trinajstić information content (AvgIpc) is 2.70. The van der Waals surface area contributed by atoms with Crippen molar-refractivity contribution < 1.29 is 14.3 Å². The Morgan fingerprint density at radius 3 is 2.41 bits per heavy atom. The highest BCUT2D eigenvalue weighted by Gasteiger charge is 2.20. The zero-order chi connectivity index (χ0) is 21.1. The largest absolute Gasteiger partial charge is 0.445 e. The Kier molecular flexibility index (Phi) is 9.31. The van der Waals surface area contributed by atoms with Crippen molar-refractivity contribution in [1.29, 1.82) is 0 Å². The predicted octanol–water partition coefficient (Wildman–Crippen LogP) is 3.51. The molecule has 0 bridgehead atoms. The van der Waals surface area contributed by atoms with E-state index < -0.39 is 6.09 Å². The first-order valence-corrected chi connectivity index (χ1v) is 10.0. The molecule has 1 aromatic carbocycles. The third-order valence-corrected chi connectivity index (χ3v) is 4.55. The van der Waals surface area contributed by atoms with Crippen LogP contribution in [-0.2, 0) is 22.6 Å². The molecule has 1 heterocycles. The van der Waals surface area contributed by atoms with Gasteiger partial charge < -0.3 is 15.4 Å². The number of carbonyl (C=O) groups excluding carboxylic acids is 2. The van der Waals surface area contributed by atoms with Crippen LogP contribution in [0.4, 0.5) is 4.79 Å². The molecule has 0 spiro atoms. The molecule has 0 fully saturated rings. The van der Waals surface area contributed by atoms with Gasteiger partial charge in [-0.2, -0.15) is 0 Å². The van der Waals surface area contributed by atoms with Crippen molar-refractivity contribution >= 4 is 11.9 Å². The molecule has 0 saturated heterocycles. The number of amides is 1. The Morgan fingerprint density at radius 1 is 1.07 bits per heavy atom. The Hall–Kier alpha value is -2.73. The minimum Gasteiger partial charge on any atom is -0.445 e. The van der Waals surface area contributed by atoms with Gasteiger partial charge in [-0.15, -0.1) is 0 Å². The van der Waals surface area contributed by atoms with Crippen molar-refractivity contribution in [2.75, 3.05) is 6.54 Å². The summed E-state index contributed by atoms with van der Waals surface area (Å²) in [6.07, 6.45) is 4.38. The minimum atomic E-state index is -0.451. The van der Waals surface area contributed by atoms with Gasteiger partial charge in [-0.25, -0.2) is 4.79 Å². The zero-order valence-electron chi connectivity index (χ0n) is 17.4. The van der Waals surface area contributed by atoms with E-state index in [0.717, 1.165) is 17.5 Å². The van der Waals surface area contributed by atoms with Gasteiger partial charge in [-0.05, 0) is 42.9 Å². The lowest BCUT2D eigenvalue weighted by atomic mass is 10.0. The highest BCUT2D eigenvalue weighted by Crippen LogP contribution is 2.08. The summed E-state index contributed by atoms with van der Waals surface area (Å²) in [4.78, 5) is 28.4. The van der Waals surface area contributed by atoms with Crippen LogP contribution in [0, 0.1) is 5.92 Å². The molecule has 0 aliphatic rings. The van der Waals surface area contributed by atoms with Crippen LogP contribution in [0.5, 0.6) is 0 Å². The number of rotatable bonds is 11. The number of hydrogen-bond donors (Lipinski definition) is 2. The van der Waals surface area contributed by atoms with E-state index >= 15 is 0 Å². The highest BCUT2D eigenvalue weighted by molar-refractivity contribution is 5.81. The second-order valence-electron chi connectivity index (χ2n) is 7.67. The number of alkyl carbamates (subject to hydrolysis) is 1. The maximum absolute atomic E-state index is 12.2. The molecule has 1 aromatic heterocycles. The van der Waals surface area contributed by atoms with Crippen LogP contribution in [0.25, 0.3) is 0 Å². The van der Waals surface area contributed by atoms with Gasteiger partial charge in [0.1, 0.15) is 12.4 Å². The fraction of sp³-hybridized carbons (Fsp3) is 0.435. The summed E-state index contributed by atoms with van der Waals surface area (Å²) in [5.74, 6) is 0.453. The molecule has 1 amide bonds. The first kappa shape index (κ1) is 22.6. The fourth-order valence-corrected chi connectivity index (χ4v) is 3.09. The Labute approximate surface area is 173 Å². The molecule has 2 rings (SSSR count). The second-order valence-corrected chi connectivity index (χ2v) is 7.67. The molecule has 156 valence electrons. The van der Waals surface area contributed by atoms with E-state index in [1.807, 2.05) is 42.5 Å².